The average molecular weight is 463 g/mol. The SMILES string of the molecule is O=[N+]([O-])c1ccc(OC2OC(CO)C(O)C(OC3OC(CO)C(O)C(O)C3O)C2O)cc1. The van der Waals surface area contributed by atoms with Gasteiger partial charge in [0.15, 0.2) is 6.29 Å². The highest BCUT2D eigenvalue weighted by atomic mass is 16.7. The molecule has 32 heavy (non-hydrogen) atoms. The third-order valence-electron chi connectivity index (χ3n) is 5.26. The fourth-order valence-electron chi connectivity index (χ4n) is 3.43. The number of non-ortho nitro benzene ring substituents is 1. The van der Waals surface area contributed by atoms with E-state index in [1.54, 1.807) is 0 Å². The summed E-state index contributed by atoms with van der Waals surface area (Å²) >= 11 is 0. The van der Waals surface area contributed by atoms with E-state index >= 15 is 0 Å². The van der Waals surface area contributed by atoms with Crippen LogP contribution in [0.1, 0.15) is 0 Å². The molecule has 0 aromatic heterocycles. The van der Waals surface area contributed by atoms with Gasteiger partial charge in [-0.25, -0.2) is 0 Å². The minimum atomic E-state index is -1.79. The maximum atomic E-state index is 10.8. The van der Waals surface area contributed by atoms with E-state index in [2.05, 4.69) is 0 Å². The molecular weight excluding hydrogens is 438 g/mol. The summed E-state index contributed by atoms with van der Waals surface area (Å²) in [5, 5.41) is 80.6. The lowest BCUT2D eigenvalue weighted by molar-refractivity contribution is -0.384. The van der Waals surface area contributed by atoms with Gasteiger partial charge < -0.3 is 54.7 Å². The molecule has 0 aliphatic carbocycles. The molecule has 2 aliphatic rings. The van der Waals surface area contributed by atoms with Crippen molar-refractivity contribution in [1.82, 2.24) is 0 Å². The number of benzene rings is 1. The first-order valence-electron chi connectivity index (χ1n) is 9.67. The lowest BCUT2D eigenvalue weighted by Gasteiger charge is -2.45. The second kappa shape index (κ2) is 10.3. The summed E-state index contributed by atoms with van der Waals surface area (Å²) in [5.74, 6) is 0.0688. The topological polar surface area (TPSA) is 222 Å². The Balaban J connectivity index is 1.76. The van der Waals surface area contributed by atoms with Crippen LogP contribution >= 0.6 is 0 Å². The Hall–Kier alpha value is -1.98. The smallest absolute Gasteiger partial charge is 0.269 e. The maximum Gasteiger partial charge on any atom is 0.269 e. The van der Waals surface area contributed by atoms with Gasteiger partial charge in [0, 0.05) is 12.1 Å². The highest BCUT2D eigenvalue weighted by Gasteiger charge is 2.51. The van der Waals surface area contributed by atoms with E-state index in [9.17, 15) is 45.9 Å². The highest BCUT2D eigenvalue weighted by molar-refractivity contribution is 5.36. The fraction of sp³-hybridized carbons (Fsp3) is 0.667. The van der Waals surface area contributed by atoms with Crippen molar-refractivity contribution in [1.29, 1.82) is 0 Å². The standard InChI is InChI=1S/C18H25NO13/c20-5-9-11(22)13(24)14(25)17(30-9)32-16-12(23)10(6-21)31-18(15(16)26)29-8-3-1-7(2-4-8)19(27)28/h1-4,9-18,20-26H,5-6H2. The Labute approximate surface area is 180 Å². The molecule has 2 aliphatic heterocycles. The van der Waals surface area contributed by atoms with Gasteiger partial charge in [-0.15, -0.1) is 0 Å². The van der Waals surface area contributed by atoms with Crippen LogP contribution in [0, 0.1) is 10.1 Å². The van der Waals surface area contributed by atoms with Crippen LogP contribution in [-0.2, 0) is 14.2 Å². The summed E-state index contributed by atoms with van der Waals surface area (Å²) in [6, 6.07) is 4.82. The molecule has 2 heterocycles. The monoisotopic (exact) mass is 463 g/mol. The van der Waals surface area contributed by atoms with Crippen molar-refractivity contribution in [3.8, 4) is 5.75 Å². The number of rotatable bonds is 7. The molecule has 0 amide bonds. The van der Waals surface area contributed by atoms with Crippen molar-refractivity contribution in [2.45, 2.75) is 61.4 Å². The molecule has 1 aromatic carbocycles. The first-order valence-corrected chi connectivity index (χ1v) is 9.67. The second-order valence-electron chi connectivity index (χ2n) is 7.37. The minimum absolute atomic E-state index is 0.0688. The van der Waals surface area contributed by atoms with Gasteiger partial charge in [-0.3, -0.25) is 10.1 Å². The zero-order valence-corrected chi connectivity index (χ0v) is 16.5. The Morgan fingerprint density at radius 1 is 0.812 bits per heavy atom. The van der Waals surface area contributed by atoms with Crippen molar-refractivity contribution >= 4 is 5.69 Å². The predicted molar refractivity (Wildman–Crippen MR) is 100 cm³/mol. The van der Waals surface area contributed by atoms with Crippen molar-refractivity contribution < 1.29 is 59.6 Å². The molecule has 0 bridgehead atoms. The van der Waals surface area contributed by atoms with Gasteiger partial charge >= 0.3 is 0 Å². The summed E-state index contributed by atoms with van der Waals surface area (Å²) in [5.41, 5.74) is -0.199. The van der Waals surface area contributed by atoms with E-state index in [0.717, 1.165) is 12.1 Å². The molecule has 0 radical (unpaired) electrons. The molecular formula is C18H25NO13. The number of aliphatic hydroxyl groups is 7. The van der Waals surface area contributed by atoms with Crippen molar-refractivity contribution in [3.05, 3.63) is 34.4 Å². The van der Waals surface area contributed by atoms with Crippen LogP contribution in [0.5, 0.6) is 5.75 Å². The van der Waals surface area contributed by atoms with E-state index in [0.29, 0.717) is 0 Å². The van der Waals surface area contributed by atoms with Crippen molar-refractivity contribution in [2.75, 3.05) is 13.2 Å². The molecule has 14 nitrogen and oxygen atoms in total. The minimum Gasteiger partial charge on any atom is -0.462 e. The molecule has 1 aromatic rings. The zero-order chi connectivity index (χ0) is 23.6. The van der Waals surface area contributed by atoms with Crippen LogP contribution in [0.25, 0.3) is 0 Å². The molecule has 10 unspecified atom stereocenters. The molecule has 7 N–H and O–H groups in total. The van der Waals surface area contributed by atoms with Crippen LogP contribution in [0.3, 0.4) is 0 Å². The number of nitro benzene ring substituents is 1. The Morgan fingerprint density at radius 2 is 1.38 bits per heavy atom. The molecule has 2 fully saturated rings. The molecule has 0 spiro atoms. The second-order valence-corrected chi connectivity index (χ2v) is 7.37. The van der Waals surface area contributed by atoms with E-state index in [1.807, 2.05) is 0 Å². The summed E-state index contributed by atoms with van der Waals surface area (Å²) in [6.07, 6.45) is -15.8. The number of ether oxygens (including phenoxy) is 4. The summed E-state index contributed by atoms with van der Waals surface area (Å²) in [6.45, 7) is -1.42. The van der Waals surface area contributed by atoms with Crippen LogP contribution in [0.2, 0.25) is 0 Å². The number of hydrogen-bond donors (Lipinski definition) is 7. The van der Waals surface area contributed by atoms with E-state index in [4.69, 9.17) is 18.9 Å². The number of aliphatic hydroxyl groups excluding tert-OH is 7. The molecule has 10 atom stereocenters. The van der Waals surface area contributed by atoms with Crippen LogP contribution in [0.4, 0.5) is 5.69 Å². The molecule has 14 heteroatoms. The predicted octanol–water partition coefficient (Wildman–Crippen LogP) is -3.40. The maximum absolute atomic E-state index is 10.8. The fourth-order valence-corrected chi connectivity index (χ4v) is 3.43. The Morgan fingerprint density at radius 3 is 1.94 bits per heavy atom. The van der Waals surface area contributed by atoms with Gasteiger partial charge in [-0.05, 0) is 12.1 Å². The van der Waals surface area contributed by atoms with E-state index in [1.165, 1.54) is 12.1 Å². The normalized spacial score (nSPS) is 40.1. The number of hydrogen-bond acceptors (Lipinski definition) is 13. The largest absolute Gasteiger partial charge is 0.462 e. The molecule has 180 valence electrons. The van der Waals surface area contributed by atoms with E-state index < -0.39 is 79.5 Å². The first kappa shape index (κ1) is 24.7. The van der Waals surface area contributed by atoms with Crippen LogP contribution in [-0.4, -0.2) is 115 Å². The third kappa shape index (κ3) is 4.99. The van der Waals surface area contributed by atoms with Gasteiger partial charge in [0.25, 0.3) is 5.69 Å². The summed E-state index contributed by atoms with van der Waals surface area (Å²) in [7, 11) is 0. The van der Waals surface area contributed by atoms with Crippen molar-refractivity contribution in [3.63, 3.8) is 0 Å². The first-order chi connectivity index (χ1) is 15.2. The zero-order valence-electron chi connectivity index (χ0n) is 16.5. The Bertz CT molecular complexity index is 762. The van der Waals surface area contributed by atoms with Gasteiger partial charge in [0.05, 0.1) is 18.1 Å². The van der Waals surface area contributed by atoms with Gasteiger partial charge in [0.1, 0.15) is 54.6 Å². The average Bonchev–Trinajstić information content (AvgIpc) is 2.78. The van der Waals surface area contributed by atoms with Gasteiger partial charge in [0.2, 0.25) is 6.29 Å². The van der Waals surface area contributed by atoms with E-state index in [-0.39, 0.29) is 11.4 Å². The highest BCUT2D eigenvalue weighted by Crippen LogP contribution is 2.30. The summed E-state index contributed by atoms with van der Waals surface area (Å²) in [4.78, 5) is 10.2. The summed E-state index contributed by atoms with van der Waals surface area (Å²) < 4.78 is 21.5. The van der Waals surface area contributed by atoms with Gasteiger partial charge in [-0.1, -0.05) is 0 Å². The molecule has 3 rings (SSSR count). The number of nitro groups is 1. The quantitative estimate of drug-likeness (QED) is 0.155. The lowest BCUT2D eigenvalue weighted by Crippen LogP contribution is -2.65. The molecule has 2 saturated heterocycles. The number of nitrogens with zero attached hydrogens (tertiary/aromatic N) is 1. The van der Waals surface area contributed by atoms with Crippen LogP contribution < -0.4 is 4.74 Å². The van der Waals surface area contributed by atoms with Crippen molar-refractivity contribution in [2.24, 2.45) is 0 Å². The van der Waals surface area contributed by atoms with Gasteiger partial charge in [-0.2, -0.15) is 0 Å². The lowest BCUT2D eigenvalue weighted by atomic mass is 9.97. The molecule has 0 saturated carbocycles. The Kier molecular flexibility index (Phi) is 7.94. The third-order valence-corrected chi connectivity index (χ3v) is 5.26. The van der Waals surface area contributed by atoms with Crippen LogP contribution in [0.15, 0.2) is 24.3 Å².